The van der Waals surface area contributed by atoms with Crippen LogP contribution in [0.3, 0.4) is 0 Å². The molecule has 7 heteroatoms. The third-order valence-corrected chi connectivity index (χ3v) is 4.78. The lowest BCUT2D eigenvalue weighted by atomic mass is 10.1. The Morgan fingerprint density at radius 1 is 1.11 bits per heavy atom. The molecule has 7 nitrogen and oxygen atoms in total. The summed E-state index contributed by atoms with van der Waals surface area (Å²) in [7, 11) is 1.72. The van der Waals surface area contributed by atoms with Crippen molar-refractivity contribution in [1.29, 1.82) is 0 Å². The molecule has 0 saturated carbocycles. The predicted octanol–water partition coefficient (Wildman–Crippen LogP) is 1.28. The Kier molecular flexibility index (Phi) is 8.11. The van der Waals surface area contributed by atoms with Gasteiger partial charge in [-0.1, -0.05) is 18.2 Å². The SMILES string of the molecule is CN=C(NCC(=O)NC(C)(C)C)NCC(C)N1CCN(c2ccccc2)CC1. The molecule has 1 unspecified atom stereocenters. The molecule has 1 aromatic carbocycles. The quantitative estimate of drug-likeness (QED) is 0.506. The maximum atomic E-state index is 11.9. The molecule has 1 saturated heterocycles. The fourth-order valence-corrected chi connectivity index (χ4v) is 3.28. The van der Waals surface area contributed by atoms with Crippen molar-refractivity contribution < 1.29 is 4.79 Å². The lowest BCUT2D eigenvalue weighted by Crippen LogP contribution is -2.54. The molecule has 1 atom stereocenters. The summed E-state index contributed by atoms with van der Waals surface area (Å²) in [5.74, 6) is 0.611. The number of hydrogen-bond donors (Lipinski definition) is 3. The van der Waals surface area contributed by atoms with E-state index in [4.69, 9.17) is 0 Å². The molecular weight excluding hydrogens is 352 g/mol. The number of carbonyl (C=O) groups is 1. The summed E-state index contributed by atoms with van der Waals surface area (Å²) in [6.07, 6.45) is 0. The van der Waals surface area contributed by atoms with Gasteiger partial charge in [-0.2, -0.15) is 0 Å². The lowest BCUT2D eigenvalue weighted by molar-refractivity contribution is -0.121. The highest BCUT2D eigenvalue weighted by atomic mass is 16.2. The van der Waals surface area contributed by atoms with Crippen molar-refractivity contribution in [2.24, 2.45) is 4.99 Å². The first-order chi connectivity index (χ1) is 13.3. The van der Waals surface area contributed by atoms with E-state index in [1.165, 1.54) is 5.69 Å². The second-order valence-electron chi connectivity index (χ2n) is 8.31. The summed E-state index contributed by atoms with van der Waals surface area (Å²) < 4.78 is 0. The first kappa shape index (κ1) is 22.0. The summed E-state index contributed by atoms with van der Waals surface area (Å²) in [4.78, 5) is 21.1. The van der Waals surface area contributed by atoms with Crippen molar-refractivity contribution in [3.63, 3.8) is 0 Å². The molecule has 1 aromatic rings. The maximum absolute atomic E-state index is 11.9. The van der Waals surface area contributed by atoms with Crippen LogP contribution in [0.2, 0.25) is 0 Å². The van der Waals surface area contributed by atoms with Gasteiger partial charge in [-0.05, 0) is 39.8 Å². The van der Waals surface area contributed by atoms with E-state index in [9.17, 15) is 4.79 Å². The van der Waals surface area contributed by atoms with Crippen molar-refractivity contribution in [3.05, 3.63) is 30.3 Å². The van der Waals surface area contributed by atoms with Gasteiger partial charge < -0.3 is 20.9 Å². The van der Waals surface area contributed by atoms with Gasteiger partial charge in [0.25, 0.3) is 0 Å². The number of nitrogens with zero attached hydrogens (tertiary/aromatic N) is 3. The number of benzene rings is 1. The fourth-order valence-electron chi connectivity index (χ4n) is 3.28. The monoisotopic (exact) mass is 388 g/mol. The van der Waals surface area contributed by atoms with E-state index >= 15 is 0 Å². The molecule has 2 rings (SSSR count). The molecule has 0 aromatic heterocycles. The minimum atomic E-state index is -0.230. The van der Waals surface area contributed by atoms with Gasteiger partial charge >= 0.3 is 0 Å². The third-order valence-electron chi connectivity index (χ3n) is 4.78. The number of hydrogen-bond acceptors (Lipinski definition) is 4. The average Bonchev–Trinajstić information content (AvgIpc) is 2.67. The van der Waals surface area contributed by atoms with Crippen LogP contribution in [0, 0.1) is 0 Å². The van der Waals surface area contributed by atoms with Crippen LogP contribution in [0.4, 0.5) is 5.69 Å². The number of anilines is 1. The number of amides is 1. The highest BCUT2D eigenvalue weighted by Crippen LogP contribution is 2.16. The number of aliphatic imine (C=N–C) groups is 1. The molecule has 0 radical (unpaired) electrons. The van der Waals surface area contributed by atoms with Gasteiger partial charge in [0, 0.05) is 57.0 Å². The Hall–Kier alpha value is -2.28. The zero-order valence-electron chi connectivity index (χ0n) is 18.0. The molecular formula is C21H36N6O. The topological polar surface area (TPSA) is 72.0 Å². The highest BCUT2D eigenvalue weighted by molar-refractivity contribution is 5.86. The van der Waals surface area contributed by atoms with Crippen molar-refractivity contribution in [3.8, 4) is 0 Å². The number of guanidine groups is 1. The first-order valence-electron chi connectivity index (χ1n) is 10.1. The largest absolute Gasteiger partial charge is 0.369 e. The summed E-state index contributed by atoms with van der Waals surface area (Å²) in [6, 6.07) is 11.0. The number of nitrogens with one attached hydrogen (secondary N) is 3. The second-order valence-corrected chi connectivity index (χ2v) is 8.31. The molecule has 0 spiro atoms. The molecule has 0 aliphatic carbocycles. The van der Waals surface area contributed by atoms with Gasteiger partial charge in [0.15, 0.2) is 5.96 Å². The molecule has 1 heterocycles. The lowest BCUT2D eigenvalue weighted by Gasteiger charge is -2.39. The number of para-hydroxylation sites is 1. The molecule has 0 bridgehead atoms. The van der Waals surface area contributed by atoms with Gasteiger partial charge in [-0.15, -0.1) is 0 Å². The van der Waals surface area contributed by atoms with Crippen LogP contribution >= 0.6 is 0 Å². The van der Waals surface area contributed by atoms with E-state index in [0.717, 1.165) is 32.7 Å². The van der Waals surface area contributed by atoms with Crippen molar-refractivity contribution in [2.45, 2.75) is 39.3 Å². The molecule has 3 N–H and O–H groups in total. The van der Waals surface area contributed by atoms with E-state index in [1.54, 1.807) is 7.05 Å². The zero-order chi connectivity index (χ0) is 20.6. The Morgan fingerprint density at radius 3 is 2.32 bits per heavy atom. The molecule has 156 valence electrons. The normalized spacial score (nSPS) is 17.2. The molecule has 1 aliphatic heterocycles. The van der Waals surface area contributed by atoms with Gasteiger partial charge in [-0.25, -0.2) is 0 Å². The Bertz CT molecular complexity index is 632. The van der Waals surface area contributed by atoms with Gasteiger partial charge in [0.05, 0.1) is 6.54 Å². The van der Waals surface area contributed by atoms with Gasteiger partial charge in [0.2, 0.25) is 5.91 Å². The van der Waals surface area contributed by atoms with Gasteiger partial charge in [-0.3, -0.25) is 14.7 Å². The Balaban J connectivity index is 1.71. The predicted molar refractivity (Wildman–Crippen MR) is 117 cm³/mol. The molecule has 28 heavy (non-hydrogen) atoms. The number of carbonyl (C=O) groups excluding carboxylic acids is 1. The van der Waals surface area contributed by atoms with Gasteiger partial charge in [0.1, 0.15) is 0 Å². The Morgan fingerprint density at radius 2 is 1.75 bits per heavy atom. The smallest absolute Gasteiger partial charge is 0.239 e. The summed E-state index contributed by atoms with van der Waals surface area (Å²) >= 11 is 0. The minimum Gasteiger partial charge on any atom is -0.369 e. The molecule has 1 amide bonds. The first-order valence-corrected chi connectivity index (χ1v) is 10.1. The third kappa shape index (κ3) is 7.38. The zero-order valence-corrected chi connectivity index (χ0v) is 18.0. The van der Waals surface area contributed by atoms with E-state index in [-0.39, 0.29) is 18.0 Å². The maximum Gasteiger partial charge on any atom is 0.239 e. The van der Waals surface area contributed by atoms with Crippen LogP contribution < -0.4 is 20.9 Å². The van der Waals surface area contributed by atoms with E-state index in [1.807, 2.05) is 20.8 Å². The summed E-state index contributed by atoms with van der Waals surface area (Å²) in [6.45, 7) is 13.3. The summed E-state index contributed by atoms with van der Waals surface area (Å²) in [5, 5.41) is 9.35. The van der Waals surface area contributed by atoms with Crippen LogP contribution in [0.25, 0.3) is 0 Å². The van der Waals surface area contributed by atoms with Crippen LogP contribution in [0.1, 0.15) is 27.7 Å². The van der Waals surface area contributed by atoms with Crippen LogP contribution in [-0.2, 0) is 4.79 Å². The Labute approximate surface area is 169 Å². The van der Waals surface area contributed by atoms with Crippen LogP contribution in [0.15, 0.2) is 35.3 Å². The second kappa shape index (κ2) is 10.3. The molecule has 1 fully saturated rings. The summed E-state index contributed by atoms with van der Waals surface area (Å²) in [5.41, 5.74) is 1.07. The van der Waals surface area contributed by atoms with Crippen LogP contribution in [0.5, 0.6) is 0 Å². The number of piperazine rings is 1. The molecule has 1 aliphatic rings. The fraction of sp³-hybridized carbons (Fsp3) is 0.619. The van der Waals surface area contributed by atoms with Crippen molar-refractivity contribution in [1.82, 2.24) is 20.9 Å². The average molecular weight is 389 g/mol. The van der Waals surface area contributed by atoms with E-state index < -0.39 is 0 Å². The minimum absolute atomic E-state index is 0.0412. The van der Waals surface area contributed by atoms with E-state index in [2.05, 4.69) is 68.0 Å². The standard InChI is InChI=1S/C21H36N6O/c1-17(15-23-20(22-5)24-16-19(28)25-21(2,3)4)26-11-13-27(14-12-26)18-9-7-6-8-10-18/h6-10,17H,11-16H2,1-5H3,(H,25,28)(H2,22,23,24). The van der Waals surface area contributed by atoms with E-state index in [0.29, 0.717) is 12.0 Å². The van der Waals surface area contributed by atoms with Crippen LogP contribution in [-0.4, -0.2) is 74.7 Å². The highest BCUT2D eigenvalue weighted by Gasteiger charge is 2.21. The number of rotatable bonds is 6. The van der Waals surface area contributed by atoms with Crippen molar-refractivity contribution in [2.75, 3.05) is 51.2 Å². The van der Waals surface area contributed by atoms with Crippen molar-refractivity contribution >= 4 is 17.6 Å².